The highest BCUT2D eigenvalue weighted by Crippen LogP contribution is 2.48. The largest absolute Gasteiger partial charge is 0.305 e. The van der Waals surface area contributed by atoms with Crippen molar-refractivity contribution in [3.63, 3.8) is 0 Å². The van der Waals surface area contributed by atoms with Gasteiger partial charge in [0.1, 0.15) is 0 Å². The summed E-state index contributed by atoms with van der Waals surface area (Å²) in [5, 5.41) is 7.82. The first-order valence-corrected chi connectivity index (χ1v) is 6.73. The molecule has 0 radical (unpaired) electrons. The number of rotatable bonds is 1. The number of hydrogen-bond acceptors (Lipinski definition) is 1. The van der Waals surface area contributed by atoms with Crippen molar-refractivity contribution in [3.05, 3.63) is 58.7 Å². The van der Waals surface area contributed by atoms with Crippen LogP contribution in [0.5, 0.6) is 0 Å². The summed E-state index contributed by atoms with van der Waals surface area (Å²) in [5.74, 6) is 0. The average Bonchev–Trinajstić information content (AvgIpc) is 2.58. The van der Waals surface area contributed by atoms with Gasteiger partial charge in [-0.1, -0.05) is 49.7 Å². The Bertz CT molecular complexity index is 693. The predicted molar refractivity (Wildman–Crippen MR) is 81.2 cm³/mol. The number of fused-ring (bicyclic) bond motifs is 3. The summed E-state index contributed by atoms with van der Waals surface area (Å²) in [6.45, 7) is 8.55. The summed E-state index contributed by atoms with van der Waals surface area (Å²) >= 11 is 0. The molecule has 1 nitrogen and oxygen atoms in total. The Balaban J connectivity index is 2.30. The summed E-state index contributed by atoms with van der Waals surface area (Å²) < 4.78 is 0. The lowest BCUT2D eigenvalue weighted by Crippen LogP contribution is -2.15. The molecule has 0 heterocycles. The van der Waals surface area contributed by atoms with Crippen molar-refractivity contribution < 1.29 is 0 Å². The summed E-state index contributed by atoms with van der Waals surface area (Å²) in [5.41, 5.74) is 8.41. The van der Waals surface area contributed by atoms with Gasteiger partial charge in [-0.25, -0.2) is 0 Å². The van der Waals surface area contributed by atoms with Crippen LogP contribution in [0.25, 0.3) is 11.1 Å². The molecule has 1 aliphatic carbocycles. The lowest BCUT2D eigenvalue weighted by Gasteiger charge is -2.22. The Morgan fingerprint density at radius 1 is 0.947 bits per heavy atom. The van der Waals surface area contributed by atoms with Gasteiger partial charge in [0.15, 0.2) is 0 Å². The lowest BCUT2D eigenvalue weighted by atomic mass is 9.81. The van der Waals surface area contributed by atoms with Crippen molar-refractivity contribution in [2.45, 2.75) is 33.1 Å². The molecule has 0 amide bonds. The smallest absolute Gasteiger partial charge is 0.0355 e. The van der Waals surface area contributed by atoms with E-state index in [9.17, 15) is 0 Å². The zero-order valence-corrected chi connectivity index (χ0v) is 12.0. The molecule has 1 heteroatoms. The molecule has 2 aromatic rings. The van der Waals surface area contributed by atoms with E-state index in [1.54, 1.807) is 0 Å². The molecule has 0 fully saturated rings. The van der Waals surface area contributed by atoms with E-state index in [4.69, 9.17) is 5.41 Å². The summed E-state index contributed by atoms with van der Waals surface area (Å²) in [6.07, 6.45) is 0. The monoisotopic (exact) mass is 249 g/mol. The first-order chi connectivity index (χ1) is 8.91. The highest BCUT2D eigenvalue weighted by Gasteiger charge is 2.35. The van der Waals surface area contributed by atoms with E-state index in [0.29, 0.717) is 5.71 Å². The van der Waals surface area contributed by atoms with Gasteiger partial charge in [-0.3, -0.25) is 0 Å². The van der Waals surface area contributed by atoms with E-state index < -0.39 is 0 Å². The normalized spacial score (nSPS) is 14.9. The second-order valence-electron chi connectivity index (χ2n) is 6.06. The minimum absolute atomic E-state index is 0.0299. The van der Waals surface area contributed by atoms with E-state index in [2.05, 4.69) is 57.2 Å². The van der Waals surface area contributed by atoms with Crippen LogP contribution in [0, 0.1) is 12.3 Å². The molecule has 0 atom stereocenters. The molecule has 2 aromatic carbocycles. The Morgan fingerprint density at radius 2 is 1.53 bits per heavy atom. The molecule has 0 aliphatic heterocycles. The molecule has 1 N–H and O–H groups in total. The van der Waals surface area contributed by atoms with Crippen LogP contribution in [0.3, 0.4) is 0 Å². The third kappa shape index (κ3) is 1.65. The minimum atomic E-state index is 0.0299. The number of benzene rings is 2. The van der Waals surface area contributed by atoms with Gasteiger partial charge in [-0.15, -0.1) is 0 Å². The zero-order valence-electron chi connectivity index (χ0n) is 12.0. The molecule has 3 rings (SSSR count). The van der Waals surface area contributed by atoms with Crippen LogP contribution < -0.4 is 0 Å². The van der Waals surface area contributed by atoms with Crippen LogP contribution in [-0.4, -0.2) is 5.71 Å². The van der Waals surface area contributed by atoms with Gasteiger partial charge in [-0.05, 0) is 47.7 Å². The highest BCUT2D eigenvalue weighted by molar-refractivity contribution is 5.97. The number of nitrogens with one attached hydrogen (secondary N) is 1. The highest BCUT2D eigenvalue weighted by atomic mass is 14.4. The third-order valence-electron chi connectivity index (χ3n) is 4.26. The predicted octanol–water partition coefficient (Wildman–Crippen LogP) is 4.69. The van der Waals surface area contributed by atoms with Gasteiger partial charge in [0, 0.05) is 11.1 Å². The molecule has 0 bridgehead atoms. The maximum Gasteiger partial charge on any atom is 0.0355 e. The second kappa shape index (κ2) is 3.80. The van der Waals surface area contributed by atoms with Gasteiger partial charge in [0.2, 0.25) is 0 Å². The van der Waals surface area contributed by atoms with E-state index in [1.165, 1.54) is 27.8 Å². The first kappa shape index (κ1) is 12.2. The number of hydrogen-bond donors (Lipinski definition) is 1. The fraction of sp³-hybridized carbons (Fsp3) is 0.278. The standard InChI is InChI=1S/C18H19N/c1-11-5-7-14-15-8-6-13(12(2)19)10-17(15)18(3,4)16(14)9-11/h5-10,19H,1-4H3. The first-order valence-electron chi connectivity index (χ1n) is 6.73. The topological polar surface area (TPSA) is 23.9 Å². The quantitative estimate of drug-likeness (QED) is 0.709. The van der Waals surface area contributed by atoms with E-state index in [0.717, 1.165) is 5.56 Å². The maximum absolute atomic E-state index is 7.82. The molecular weight excluding hydrogens is 230 g/mol. The Hall–Kier alpha value is -1.89. The summed E-state index contributed by atoms with van der Waals surface area (Å²) in [4.78, 5) is 0. The van der Waals surface area contributed by atoms with Gasteiger partial charge in [-0.2, -0.15) is 0 Å². The lowest BCUT2D eigenvalue weighted by molar-refractivity contribution is 0.659. The third-order valence-corrected chi connectivity index (χ3v) is 4.26. The van der Waals surface area contributed by atoms with Crippen LogP contribution in [0.2, 0.25) is 0 Å². The van der Waals surface area contributed by atoms with Crippen molar-refractivity contribution >= 4 is 5.71 Å². The molecule has 19 heavy (non-hydrogen) atoms. The van der Waals surface area contributed by atoms with Crippen molar-refractivity contribution in [1.29, 1.82) is 5.41 Å². The van der Waals surface area contributed by atoms with Crippen molar-refractivity contribution in [1.82, 2.24) is 0 Å². The van der Waals surface area contributed by atoms with Gasteiger partial charge >= 0.3 is 0 Å². The second-order valence-corrected chi connectivity index (χ2v) is 6.06. The van der Waals surface area contributed by atoms with Gasteiger partial charge in [0.25, 0.3) is 0 Å². The molecule has 0 spiro atoms. The molecule has 0 unspecified atom stereocenters. The molecule has 96 valence electrons. The average molecular weight is 249 g/mol. The van der Waals surface area contributed by atoms with Crippen molar-refractivity contribution in [2.75, 3.05) is 0 Å². The summed E-state index contributed by atoms with van der Waals surface area (Å²) in [6, 6.07) is 13.1. The van der Waals surface area contributed by atoms with E-state index in [-0.39, 0.29) is 5.41 Å². The molecular formula is C18H19N. The van der Waals surface area contributed by atoms with E-state index >= 15 is 0 Å². The van der Waals surface area contributed by atoms with Gasteiger partial charge < -0.3 is 5.41 Å². The zero-order chi connectivity index (χ0) is 13.8. The summed E-state index contributed by atoms with van der Waals surface area (Å²) in [7, 11) is 0. The molecule has 0 aromatic heterocycles. The number of aryl methyl sites for hydroxylation is 1. The SMILES string of the molecule is CC(=N)c1ccc2c(c1)C(C)(C)c1cc(C)ccc1-2. The van der Waals surface area contributed by atoms with Crippen molar-refractivity contribution in [3.8, 4) is 11.1 Å². The molecule has 0 saturated heterocycles. The molecule has 1 aliphatic rings. The fourth-order valence-corrected chi connectivity index (χ4v) is 3.08. The van der Waals surface area contributed by atoms with Crippen LogP contribution in [0.15, 0.2) is 36.4 Å². The van der Waals surface area contributed by atoms with Gasteiger partial charge in [0.05, 0.1) is 0 Å². The van der Waals surface area contributed by atoms with Crippen LogP contribution in [0.1, 0.15) is 43.0 Å². The fourth-order valence-electron chi connectivity index (χ4n) is 3.08. The Labute approximate surface area is 114 Å². The Kier molecular flexibility index (Phi) is 2.43. The minimum Gasteiger partial charge on any atom is -0.305 e. The van der Waals surface area contributed by atoms with Crippen LogP contribution in [-0.2, 0) is 5.41 Å². The Morgan fingerprint density at radius 3 is 2.16 bits per heavy atom. The molecule has 0 saturated carbocycles. The van der Waals surface area contributed by atoms with E-state index in [1.807, 2.05) is 6.92 Å². The van der Waals surface area contributed by atoms with Crippen LogP contribution >= 0.6 is 0 Å². The maximum atomic E-state index is 7.82. The van der Waals surface area contributed by atoms with Crippen molar-refractivity contribution in [2.24, 2.45) is 0 Å². The van der Waals surface area contributed by atoms with Crippen LogP contribution in [0.4, 0.5) is 0 Å².